The molecule has 0 unspecified atom stereocenters. The van der Waals surface area contributed by atoms with Gasteiger partial charge in [-0.3, -0.25) is 4.79 Å². The van der Waals surface area contributed by atoms with Gasteiger partial charge in [0, 0.05) is 19.9 Å². The maximum Gasteiger partial charge on any atom is 0.138 e. The Labute approximate surface area is 96.0 Å². The summed E-state index contributed by atoms with van der Waals surface area (Å²) in [5, 5.41) is 0. The van der Waals surface area contributed by atoms with E-state index in [0.29, 0.717) is 12.2 Å². The molecule has 0 amide bonds. The number of rotatable bonds is 5. The Hall–Kier alpha value is -0.373. The Morgan fingerprint density at radius 3 is 1.93 bits per heavy atom. The van der Waals surface area contributed by atoms with Gasteiger partial charge in [0.25, 0.3) is 0 Å². The molecule has 0 aromatic rings. The van der Waals surface area contributed by atoms with Gasteiger partial charge >= 0.3 is 0 Å². The molecule has 0 aromatic heterocycles. The molecular formula is C13H26OSi. The summed E-state index contributed by atoms with van der Waals surface area (Å²) in [6.07, 6.45) is 1.53. The van der Waals surface area contributed by atoms with Crippen LogP contribution >= 0.6 is 0 Å². The van der Waals surface area contributed by atoms with Crippen molar-refractivity contribution >= 4 is 13.9 Å². The average Bonchev–Trinajstić information content (AvgIpc) is 1.94. The minimum absolute atomic E-state index is 0.195. The zero-order chi connectivity index (χ0) is 12.3. The molecule has 1 nitrogen and oxygen atoms in total. The predicted octanol–water partition coefficient (Wildman–Crippen LogP) is 4.28. The van der Waals surface area contributed by atoms with E-state index in [1.165, 1.54) is 5.57 Å². The van der Waals surface area contributed by atoms with E-state index in [2.05, 4.69) is 26.2 Å². The maximum atomic E-state index is 11.7. The summed E-state index contributed by atoms with van der Waals surface area (Å²) >= 11 is 0. The Balaban J connectivity index is 3.98. The van der Waals surface area contributed by atoms with E-state index in [1.54, 1.807) is 0 Å². The Kier molecular flexibility index (Phi) is 4.98. The lowest BCUT2D eigenvalue weighted by atomic mass is 9.87. The molecule has 0 aromatic carbocycles. The maximum absolute atomic E-state index is 11.7. The van der Waals surface area contributed by atoms with Gasteiger partial charge in [-0.1, -0.05) is 46.0 Å². The van der Waals surface area contributed by atoms with Crippen LogP contribution in [0.25, 0.3) is 0 Å². The van der Waals surface area contributed by atoms with Crippen molar-refractivity contribution in [3.05, 3.63) is 12.2 Å². The highest BCUT2D eigenvalue weighted by molar-refractivity contribution is 6.76. The van der Waals surface area contributed by atoms with E-state index >= 15 is 0 Å². The summed E-state index contributed by atoms with van der Waals surface area (Å²) in [4.78, 5) is 11.7. The van der Waals surface area contributed by atoms with Crippen LogP contribution in [0.15, 0.2) is 12.2 Å². The highest BCUT2D eigenvalue weighted by Crippen LogP contribution is 2.22. The van der Waals surface area contributed by atoms with Gasteiger partial charge in [0.2, 0.25) is 0 Å². The minimum Gasteiger partial charge on any atom is -0.299 e. The van der Waals surface area contributed by atoms with Crippen LogP contribution in [0.2, 0.25) is 25.7 Å². The smallest absolute Gasteiger partial charge is 0.138 e. The summed E-state index contributed by atoms with van der Waals surface area (Å²) in [5.41, 5.74) is 1.06. The number of carbonyl (C=O) groups excluding carboxylic acids is 1. The van der Waals surface area contributed by atoms with Gasteiger partial charge in [-0.2, -0.15) is 0 Å². The standard InChI is InChI=1S/C13H26OSi/c1-11(10-15(5,6)7)8-9-12(14)13(2,3)4/h1,8-10H2,2-7H3. The first-order valence-electron chi connectivity index (χ1n) is 5.72. The molecule has 0 bridgehead atoms. The third kappa shape index (κ3) is 7.54. The SMILES string of the molecule is C=C(CCC(=O)C(C)(C)C)C[Si](C)(C)C. The monoisotopic (exact) mass is 226 g/mol. The van der Waals surface area contributed by atoms with Crippen molar-refractivity contribution in [3.8, 4) is 0 Å². The van der Waals surface area contributed by atoms with Crippen molar-refractivity contribution in [1.82, 2.24) is 0 Å². The third-order valence-corrected chi connectivity index (χ3v) is 3.88. The summed E-state index contributed by atoms with van der Waals surface area (Å²) in [6, 6.07) is 1.14. The number of hydrogen-bond donors (Lipinski definition) is 0. The second kappa shape index (κ2) is 5.11. The van der Waals surface area contributed by atoms with E-state index < -0.39 is 8.07 Å². The van der Waals surface area contributed by atoms with Crippen molar-refractivity contribution in [2.24, 2.45) is 5.41 Å². The molecular weight excluding hydrogens is 200 g/mol. The lowest BCUT2D eigenvalue weighted by Gasteiger charge is -2.19. The lowest BCUT2D eigenvalue weighted by Crippen LogP contribution is -2.22. The fourth-order valence-electron chi connectivity index (χ4n) is 1.50. The summed E-state index contributed by atoms with van der Waals surface area (Å²) in [7, 11) is -1.05. The van der Waals surface area contributed by atoms with E-state index in [0.717, 1.165) is 12.5 Å². The zero-order valence-electron chi connectivity index (χ0n) is 11.2. The first-order valence-corrected chi connectivity index (χ1v) is 9.43. The average molecular weight is 226 g/mol. The number of hydrogen-bond acceptors (Lipinski definition) is 1. The van der Waals surface area contributed by atoms with Crippen LogP contribution in [-0.4, -0.2) is 13.9 Å². The van der Waals surface area contributed by atoms with Gasteiger partial charge in [-0.05, 0) is 12.5 Å². The highest BCUT2D eigenvalue weighted by Gasteiger charge is 2.21. The molecule has 0 N–H and O–H groups in total. The van der Waals surface area contributed by atoms with Crippen molar-refractivity contribution in [2.75, 3.05) is 0 Å². The highest BCUT2D eigenvalue weighted by atomic mass is 28.3. The van der Waals surface area contributed by atoms with E-state index in [-0.39, 0.29) is 5.41 Å². The first-order chi connectivity index (χ1) is 6.52. The molecule has 0 saturated carbocycles. The fourth-order valence-corrected chi connectivity index (χ4v) is 3.18. The topological polar surface area (TPSA) is 17.1 Å². The molecule has 0 rings (SSSR count). The normalized spacial score (nSPS) is 12.7. The number of carbonyl (C=O) groups is 1. The molecule has 0 spiro atoms. The molecule has 0 aliphatic rings. The third-order valence-electron chi connectivity index (χ3n) is 2.32. The summed E-state index contributed by atoms with van der Waals surface area (Å²) in [5.74, 6) is 0.347. The van der Waals surface area contributed by atoms with Gasteiger partial charge in [0.05, 0.1) is 0 Å². The van der Waals surface area contributed by atoms with Crippen molar-refractivity contribution in [1.29, 1.82) is 0 Å². The zero-order valence-corrected chi connectivity index (χ0v) is 12.2. The van der Waals surface area contributed by atoms with Crippen LogP contribution in [0, 0.1) is 5.41 Å². The molecule has 2 heteroatoms. The van der Waals surface area contributed by atoms with Crippen LogP contribution in [0.5, 0.6) is 0 Å². The van der Waals surface area contributed by atoms with E-state index in [4.69, 9.17) is 0 Å². The van der Waals surface area contributed by atoms with Crippen molar-refractivity contribution in [3.63, 3.8) is 0 Å². The van der Waals surface area contributed by atoms with Crippen LogP contribution in [0.4, 0.5) is 0 Å². The number of Topliss-reactive ketones (excluding diaryl/α,β-unsaturated/α-hetero) is 1. The second-order valence-electron chi connectivity index (χ2n) is 6.66. The van der Waals surface area contributed by atoms with Crippen LogP contribution in [-0.2, 0) is 4.79 Å². The number of allylic oxidation sites excluding steroid dienone is 1. The Morgan fingerprint density at radius 1 is 1.13 bits per heavy atom. The van der Waals surface area contributed by atoms with Gasteiger partial charge in [0.15, 0.2) is 0 Å². The van der Waals surface area contributed by atoms with Crippen LogP contribution in [0.3, 0.4) is 0 Å². The summed E-state index contributed by atoms with van der Waals surface area (Å²) < 4.78 is 0. The van der Waals surface area contributed by atoms with Crippen LogP contribution in [0.1, 0.15) is 33.6 Å². The van der Waals surface area contributed by atoms with Gasteiger partial charge in [-0.25, -0.2) is 0 Å². The molecule has 0 aliphatic heterocycles. The number of ketones is 1. The van der Waals surface area contributed by atoms with E-state index in [9.17, 15) is 4.79 Å². The lowest BCUT2D eigenvalue weighted by molar-refractivity contribution is -0.126. The summed E-state index contributed by atoms with van der Waals surface area (Å²) in [6.45, 7) is 17.0. The first kappa shape index (κ1) is 14.6. The molecule has 0 radical (unpaired) electrons. The quantitative estimate of drug-likeness (QED) is 0.505. The van der Waals surface area contributed by atoms with Gasteiger partial charge < -0.3 is 0 Å². The molecule has 88 valence electrons. The largest absolute Gasteiger partial charge is 0.299 e. The second-order valence-corrected chi connectivity index (χ2v) is 12.1. The van der Waals surface area contributed by atoms with E-state index in [1.807, 2.05) is 20.8 Å². The van der Waals surface area contributed by atoms with Gasteiger partial charge in [-0.15, -0.1) is 6.58 Å². The molecule has 15 heavy (non-hydrogen) atoms. The fraction of sp³-hybridized carbons (Fsp3) is 0.769. The molecule has 0 heterocycles. The Bertz CT molecular complexity index is 240. The van der Waals surface area contributed by atoms with Crippen molar-refractivity contribution < 1.29 is 4.79 Å². The Morgan fingerprint density at radius 2 is 1.60 bits per heavy atom. The minimum atomic E-state index is -1.05. The molecule has 0 saturated heterocycles. The van der Waals surface area contributed by atoms with Gasteiger partial charge in [0.1, 0.15) is 5.78 Å². The van der Waals surface area contributed by atoms with Crippen molar-refractivity contribution in [2.45, 2.75) is 59.3 Å². The predicted molar refractivity (Wildman–Crippen MR) is 71.0 cm³/mol. The van der Waals surface area contributed by atoms with Crippen LogP contribution < -0.4 is 0 Å². The molecule has 0 atom stereocenters. The molecule has 0 aliphatic carbocycles. The molecule has 0 fully saturated rings.